The molecule has 2 N–H and O–H groups in total. The van der Waals surface area contributed by atoms with Crippen LogP contribution in [0.1, 0.15) is 42.4 Å². The molecule has 166 valence electrons. The van der Waals surface area contributed by atoms with Crippen LogP contribution in [-0.4, -0.2) is 45.9 Å². The number of nitrogens with one attached hydrogen (secondary N) is 2. The number of benzene rings is 1. The van der Waals surface area contributed by atoms with Crippen molar-refractivity contribution in [3.05, 3.63) is 71.5 Å². The number of carbonyl (C=O) groups is 1. The normalized spacial score (nSPS) is 12.2. The number of carbonyl (C=O) groups excluding carboxylic acids is 1. The second kappa shape index (κ2) is 8.47. The fourth-order valence-electron chi connectivity index (χ4n) is 3.38. The van der Waals surface area contributed by atoms with Gasteiger partial charge in [0, 0.05) is 23.9 Å². The lowest BCUT2D eigenvalue weighted by Gasteiger charge is -2.09. The number of halogens is 1. The zero-order chi connectivity index (χ0) is 22.9. The molecule has 0 saturated heterocycles. The van der Waals surface area contributed by atoms with Crippen LogP contribution >= 0.6 is 11.6 Å². The van der Waals surface area contributed by atoms with Gasteiger partial charge in [0.25, 0.3) is 5.91 Å². The highest BCUT2D eigenvalue weighted by atomic mass is 35.5. The molecule has 5 rings (SSSR count). The first-order valence-electron chi connectivity index (χ1n) is 10.4. The molecule has 0 spiro atoms. The van der Waals surface area contributed by atoms with E-state index >= 15 is 0 Å². The van der Waals surface area contributed by atoms with Gasteiger partial charge in [-0.2, -0.15) is 10.2 Å². The van der Waals surface area contributed by atoms with Crippen molar-refractivity contribution in [3.8, 4) is 16.8 Å². The molecular formula is C22H20ClN9O. The fourth-order valence-corrected chi connectivity index (χ4v) is 3.55. The Balaban J connectivity index is 1.44. The van der Waals surface area contributed by atoms with Gasteiger partial charge in [-0.1, -0.05) is 25.4 Å². The summed E-state index contributed by atoms with van der Waals surface area (Å²) in [6, 6.07) is 8.97. The van der Waals surface area contributed by atoms with Gasteiger partial charge in [0.1, 0.15) is 0 Å². The van der Waals surface area contributed by atoms with Gasteiger partial charge in [-0.15, -0.1) is 15.0 Å². The summed E-state index contributed by atoms with van der Waals surface area (Å²) in [7, 11) is 0. The van der Waals surface area contributed by atoms with Crippen molar-refractivity contribution < 1.29 is 4.79 Å². The third-order valence-corrected chi connectivity index (χ3v) is 5.84. The predicted octanol–water partition coefficient (Wildman–Crippen LogP) is 4.12. The summed E-state index contributed by atoms with van der Waals surface area (Å²) in [4.78, 5) is 14.6. The topological polar surface area (TPSA) is 119 Å². The monoisotopic (exact) mass is 461 g/mol. The van der Waals surface area contributed by atoms with Gasteiger partial charge in [-0.3, -0.25) is 9.89 Å². The molecule has 4 aromatic heterocycles. The molecule has 0 bridgehead atoms. The molecule has 0 fully saturated rings. The van der Waals surface area contributed by atoms with Crippen molar-refractivity contribution in [2.45, 2.75) is 26.2 Å². The summed E-state index contributed by atoms with van der Waals surface area (Å²) in [6.07, 6.45) is 7.75. The first-order chi connectivity index (χ1) is 16.0. The summed E-state index contributed by atoms with van der Waals surface area (Å²) in [6.45, 7) is 4.11. The largest absolute Gasteiger partial charge is 0.320 e. The molecule has 0 saturated carbocycles. The number of H-pyrrole nitrogens is 1. The number of aromatic amines is 1. The molecule has 0 aliphatic heterocycles. The SMILES string of the molecule is CC[C@@H](C)c1nnn(-c2ccc(Cl)c(NC(=O)c3cnn4ccc(-c5cn[nH]c5)cc34)c2)n1. The van der Waals surface area contributed by atoms with Gasteiger partial charge in [-0.05, 0) is 47.5 Å². The van der Waals surface area contributed by atoms with E-state index in [0.29, 0.717) is 33.3 Å². The van der Waals surface area contributed by atoms with E-state index in [2.05, 4.69) is 42.9 Å². The van der Waals surface area contributed by atoms with Crippen LogP contribution in [0.4, 0.5) is 5.69 Å². The Morgan fingerprint density at radius 2 is 2.09 bits per heavy atom. The van der Waals surface area contributed by atoms with Crippen molar-refractivity contribution in [2.24, 2.45) is 0 Å². The Bertz CT molecular complexity index is 1440. The molecule has 1 aromatic carbocycles. The summed E-state index contributed by atoms with van der Waals surface area (Å²) in [5.74, 6) is 0.533. The number of anilines is 1. The first-order valence-corrected chi connectivity index (χ1v) is 10.8. The van der Waals surface area contributed by atoms with Crippen LogP contribution in [0.2, 0.25) is 5.02 Å². The van der Waals surface area contributed by atoms with Crippen LogP contribution in [0, 0.1) is 0 Å². The molecule has 0 unspecified atom stereocenters. The van der Waals surface area contributed by atoms with E-state index in [1.807, 2.05) is 19.1 Å². The Kier molecular flexibility index (Phi) is 5.35. The third kappa shape index (κ3) is 3.96. The van der Waals surface area contributed by atoms with Crippen LogP contribution < -0.4 is 5.32 Å². The average Bonchev–Trinajstić information content (AvgIpc) is 3.60. The number of nitrogens with zero attached hydrogens (tertiary/aromatic N) is 7. The van der Waals surface area contributed by atoms with Crippen molar-refractivity contribution >= 4 is 28.7 Å². The molecule has 1 amide bonds. The maximum Gasteiger partial charge on any atom is 0.259 e. The van der Waals surface area contributed by atoms with E-state index < -0.39 is 0 Å². The second-order valence-electron chi connectivity index (χ2n) is 7.66. The summed E-state index contributed by atoms with van der Waals surface area (Å²) in [5, 5.41) is 27.0. The van der Waals surface area contributed by atoms with Crippen LogP contribution in [0.3, 0.4) is 0 Å². The zero-order valence-corrected chi connectivity index (χ0v) is 18.7. The van der Waals surface area contributed by atoms with Crippen LogP contribution in [-0.2, 0) is 0 Å². The Morgan fingerprint density at radius 3 is 2.88 bits per heavy atom. The quantitative estimate of drug-likeness (QED) is 0.392. The van der Waals surface area contributed by atoms with Gasteiger partial charge in [0.15, 0.2) is 5.82 Å². The van der Waals surface area contributed by atoms with Gasteiger partial charge in [0.05, 0.1) is 39.9 Å². The highest BCUT2D eigenvalue weighted by Crippen LogP contribution is 2.27. The number of pyridine rings is 1. The van der Waals surface area contributed by atoms with Crippen molar-refractivity contribution in [3.63, 3.8) is 0 Å². The number of hydrogen-bond donors (Lipinski definition) is 2. The molecule has 5 aromatic rings. The molecule has 0 aliphatic carbocycles. The van der Waals surface area contributed by atoms with E-state index in [4.69, 9.17) is 11.6 Å². The predicted molar refractivity (Wildman–Crippen MR) is 124 cm³/mol. The van der Waals surface area contributed by atoms with Gasteiger partial charge in [0.2, 0.25) is 0 Å². The standard InChI is InChI=1S/C22H20ClN9O/c1-3-13(2)21-28-30-32(29-21)16-4-5-18(23)19(9-16)27-22(33)17-12-26-31-7-6-14(8-20(17)31)15-10-24-25-11-15/h4-13H,3H2,1-2H3,(H,24,25)(H,27,33)/t13-/m1/s1. The first kappa shape index (κ1) is 20.8. The smallest absolute Gasteiger partial charge is 0.259 e. The molecule has 0 aliphatic rings. The highest BCUT2D eigenvalue weighted by molar-refractivity contribution is 6.34. The van der Waals surface area contributed by atoms with Crippen LogP contribution in [0.15, 0.2) is 55.1 Å². The van der Waals surface area contributed by atoms with E-state index in [9.17, 15) is 4.79 Å². The minimum absolute atomic E-state index is 0.202. The molecule has 33 heavy (non-hydrogen) atoms. The van der Waals surface area contributed by atoms with Crippen molar-refractivity contribution in [2.75, 3.05) is 5.32 Å². The van der Waals surface area contributed by atoms with Gasteiger partial charge in [-0.25, -0.2) is 4.52 Å². The van der Waals surface area contributed by atoms with Crippen LogP contribution in [0.5, 0.6) is 0 Å². The molecule has 1 atom stereocenters. The number of amides is 1. The number of tetrazole rings is 1. The number of rotatable bonds is 6. The lowest BCUT2D eigenvalue weighted by molar-refractivity contribution is 0.102. The molecule has 10 nitrogen and oxygen atoms in total. The van der Waals surface area contributed by atoms with Crippen molar-refractivity contribution in [1.29, 1.82) is 0 Å². The number of fused-ring (bicyclic) bond motifs is 1. The minimum atomic E-state index is -0.333. The number of aromatic nitrogens is 8. The lowest BCUT2D eigenvalue weighted by atomic mass is 10.1. The van der Waals surface area contributed by atoms with Gasteiger partial charge < -0.3 is 5.32 Å². The van der Waals surface area contributed by atoms with E-state index in [1.54, 1.807) is 41.3 Å². The van der Waals surface area contributed by atoms with Crippen molar-refractivity contribution in [1.82, 2.24) is 40.0 Å². The molecule has 11 heteroatoms. The summed E-state index contributed by atoms with van der Waals surface area (Å²) in [5.41, 5.74) is 3.98. The summed E-state index contributed by atoms with van der Waals surface area (Å²) >= 11 is 6.37. The maximum atomic E-state index is 13.1. The minimum Gasteiger partial charge on any atom is -0.320 e. The van der Waals surface area contributed by atoms with Gasteiger partial charge >= 0.3 is 0 Å². The Labute approximate surface area is 193 Å². The molecule has 4 heterocycles. The second-order valence-corrected chi connectivity index (χ2v) is 8.06. The zero-order valence-electron chi connectivity index (χ0n) is 17.9. The van der Waals surface area contributed by atoms with E-state index in [0.717, 1.165) is 17.5 Å². The Hall–Kier alpha value is -4.05. The van der Waals surface area contributed by atoms with Crippen LogP contribution in [0.25, 0.3) is 22.3 Å². The number of hydrogen-bond acceptors (Lipinski definition) is 6. The highest BCUT2D eigenvalue weighted by Gasteiger charge is 2.17. The lowest BCUT2D eigenvalue weighted by Crippen LogP contribution is -2.12. The average molecular weight is 462 g/mol. The van der Waals surface area contributed by atoms with E-state index in [-0.39, 0.29) is 11.8 Å². The molecular weight excluding hydrogens is 442 g/mol. The van der Waals surface area contributed by atoms with E-state index in [1.165, 1.54) is 11.0 Å². The maximum absolute atomic E-state index is 13.1. The Morgan fingerprint density at radius 1 is 1.21 bits per heavy atom. The third-order valence-electron chi connectivity index (χ3n) is 5.51. The molecule has 0 radical (unpaired) electrons. The summed E-state index contributed by atoms with van der Waals surface area (Å²) < 4.78 is 1.65. The fraction of sp³-hybridized carbons (Fsp3) is 0.182.